The summed E-state index contributed by atoms with van der Waals surface area (Å²) >= 11 is 1.47. The van der Waals surface area contributed by atoms with E-state index in [-0.39, 0.29) is 29.6 Å². The number of rotatable bonds is 7. The molecule has 2 bridgehead atoms. The lowest BCUT2D eigenvalue weighted by atomic mass is 9.78. The highest BCUT2D eigenvalue weighted by Gasteiger charge is 2.49. The average Bonchev–Trinajstić information content (AvgIpc) is 3.80. The van der Waals surface area contributed by atoms with Gasteiger partial charge in [0.2, 0.25) is 0 Å². The molecule has 3 aromatic carbocycles. The van der Waals surface area contributed by atoms with Crippen LogP contribution in [0, 0.1) is 34.8 Å². The van der Waals surface area contributed by atoms with Crippen molar-refractivity contribution < 1.29 is 8.78 Å². The molecule has 9 rings (SSSR count). The van der Waals surface area contributed by atoms with Crippen LogP contribution in [-0.2, 0) is 6.42 Å². The Morgan fingerprint density at radius 2 is 1.91 bits per heavy atom. The number of pyridine rings is 1. The van der Waals surface area contributed by atoms with E-state index in [9.17, 15) is 14.4 Å². The predicted octanol–water partition coefficient (Wildman–Crippen LogP) is 8.60. The monoisotopic (exact) mass is 631 g/mol. The van der Waals surface area contributed by atoms with Crippen molar-refractivity contribution in [2.75, 3.05) is 6.26 Å². The maximum absolute atomic E-state index is 17.3. The highest BCUT2D eigenvalue weighted by molar-refractivity contribution is 7.98. The zero-order chi connectivity index (χ0) is 31.7. The highest BCUT2D eigenvalue weighted by atomic mass is 32.2. The fraction of sp³-hybridized carbons (Fsp3) is 0.297. The van der Waals surface area contributed by atoms with Crippen molar-refractivity contribution in [3.05, 3.63) is 100 Å². The van der Waals surface area contributed by atoms with Crippen LogP contribution in [0.5, 0.6) is 0 Å². The molecule has 0 aliphatic heterocycles. The number of fused-ring (bicyclic) bond motifs is 5. The fourth-order valence-electron chi connectivity index (χ4n) is 8.17. The summed E-state index contributed by atoms with van der Waals surface area (Å²) in [5.74, 6) is 0.180. The highest BCUT2D eigenvalue weighted by Crippen LogP contribution is 2.58. The third-order valence-electron chi connectivity index (χ3n) is 10.3. The molecule has 46 heavy (non-hydrogen) atoms. The van der Waals surface area contributed by atoms with Crippen LogP contribution in [0.3, 0.4) is 0 Å². The molecule has 3 aliphatic carbocycles. The minimum atomic E-state index is -0.469. The Balaban J connectivity index is 1.48. The number of nitrogens with zero attached hydrogens (tertiary/aromatic N) is 5. The van der Waals surface area contributed by atoms with E-state index in [1.165, 1.54) is 36.5 Å². The largest absolute Gasteiger partial charge is 0.338 e. The third-order valence-corrected chi connectivity index (χ3v) is 11.0. The van der Waals surface area contributed by atoms with Crippen molar-refractivity contribution in [1.29, 1.82) is 5.26 Å². The van der Waals surface area contributed by atoms with Gasteiger partial charge in [0.15, 0.2) is 5.82 Å². The molecule has 3 aliphatic rings. The van der Waals surface area contributed by atoms with Gasteiger partial charge in [0, 0.05) is 46.9 Å². The molecule has 3 fully saturated rings. The first-order valence-corrected chi connectivity index (χ1v) is 16.9. The lowest BCUT2D eigenvalue weighted by Gasteiger charge is -2.39. The number of benzene rings is 3. The number of hydrogen-bond donors (Lipinski definition) is 0. The molecule has 3 saturated carbocycles. The normalized spacial score (nSPS) is 19.5. The molecule has 230 valence electrons. The molecule has 0 amide bonds. The van der Waals surface area contributed by atoms with Gasteiger partial charge >= 0.3 is 0 Å². The Hall–Kier alpha value is -4.55. The first-order valence-electron chi connectivity index (χ1n) is 15.7. The van der Waals surface area contributed by atoms with E-state index in [2.05, 4.69) is 21.7 Å². The second-order valence-corrected chi connectivity index (χ2v) is 13.4. The molecule has 3 aromatic heterocycles. The van der Waals surface area contributed by atoms with E-state index in [4.69, 9.17) is 4.98 Å². The second-order valence-electron chi connectivity index (χ2n) is 12.6. The summed E-state index contributed by atoms with van der Waals surface area (Å²) in [5.41, 5.74) is 3.61. The van der Waals surface area contributed by atoms with Crippen LogP contribution in [0.25, 0.3) is 43.7 Å². The number of aromatic nitrogens is 4. The molecule has 0 N–H and O–H groups in total. The van der Waals surface area contributed by atoms with E-state index in [1.54, 1.807) is 23.0 Å². The number of nitriles is 1. The van der Waals surface area contributed by atoms with E-state index < -0.39 is 11.6 Å². The lowest BCUT2D eigenvalue weighted by Crippen LogP contribution is -2.33. The summed E-state index contributed by atoms with van der Waals surface area (Å²) in [4.78, 5) is 21.9. The van der Waals surface area contributed by atoms with E-state index in [1.807, 2.05) is 37.4 Å². The first kappa shape index (κ1) is 28.9. The van der Waals surface area contributed by atoms with E-state index >= 15 is 4.39 Å². The van der Waals surface area contributed by atoms with Gasteiger partial charge < -0.3 is 9.13 Å². The molecular weight excluding hydrogens is 601 g/mol. The summed E-state index contributed by atoms with van der Waals surface area (Å²) < 4.78 is 35.9. The predicted molar refractivity (Wildman–Crippen MR) is 178 cm³/mol. The number of aryl methyl sites for hydroxylation is 1. The zero-order valence-electron chi connectivity index (χ0n) is 25.5. The maximum Gasteiger partial charge on any atom is 0.269 e. The maximum atomic E-state index is 17.3. The topological polar surface area (TPSA) is 76.5 Å². The van der Waals surface area contributed by atoms with Crippen molar-refractivity contribution in [2.45, 2.75) is 56.1 Å². The Bertz CT molecular complexity index is 2290. The van der Waals surface area contributed by atoms with Gasteiger partial charge in [-0.3, -0.25) is 9.78 Å². The molecule has 0 radical (unpaired) electrons. The molecule has 6 nitrogen and oxygen atoms in total. The molecule has 4 atom stereocenters. The fourth-order valence-corrected chi connectivity index (χ4v) is 8.73. The van der Waals surface area contributed by atoms with Gasteiger partial charge in [-0.25, -0.2) is 13.8 Å². The molecular formula is C37H31F2N5OS. The van der Waals surface area contributed by atoms with Gasteiger partial charge in [-0.15, -0.1) is 11.8 Å². The summed E-state index contributed by atoms with van der Waals surface area (Å²) in [5, 5.41) is 13.3. The van der Waals surface area contributed by atoms with Crippen LogP contribution in [0.4, 0.5) is 8.78 Å². The lowest BCUT2D eigenvalue weighted by molar-refractivity contribution is 0.164. The molecule has 0 saturated heterocycles. The van der Waals surface area contributed by atoms with E-state index in [0.717, 1.165) is 34.8 Å². The number of hydrogen-bond acceptors (Lipinski definition) is 5. The third kappa shape index (κ3) is 4.30. The molecule has 0 spiro atoms. The zero-order valence-corrected chi connectivity index (χ0v) is 26.3. The van der Waals surface area contributed by atoms with Crippen molar-refractivity contribution in [2.24, 2.45) is 11.8 Å². The second kappa shape index (κ2) is 11.1. The van der Waals surface area contributed by atoms with Crippen molar-refractivity contribution in [3.63, 3.8) is 0 Å². The van der Waals surface area contributed by atoms with Crippen LogP contribution in [0.15, 0.2) is 76.9 Å². The average molecular weight is 632 g/mol. The minimum Gasteiger partial charge on any atom is -0.338 e. The van der Waals surface area contributed by atoms with Gasteiger partial charge in [0.25, 0.3) is 5.56 Å². The number of halogens is 2. The van der Waals surface area contributed by atoms with Gasteiger partial charge in [-0.2, -0.15) is 5.26 Å². The van der Waals surface area contributed by atoms with Crippen molar-refractivity contribution in [1.82, 2.24) is 19.1 Å². The SMILES string of the molecule is CSc1nc2c(F)c(-c3cccc4ccc(F)cc34)c(CCC#N)cc2c2c1cc([C@@H](C)n1ccncc1=O)n2C1[C@@H]2CC[C@H]1C2. The van der Waals surface area contributed by atoms with Gasteiger partial charge in [-0.1, -0.05) is 24.3 Å². The van der Waals surface area contributed by atoms with Gasteiger partial charge in [0.1, 0.15) is 16.4 Å². The Kier molecular flexibility index (Phi) is 6.95. The van der Waals surface area contributed by atoms with Crippen molar-refractivity contribution >= 4 is 44.3 Å². The minimum absolute atomic E-state index is 0.183. The smallest absolute Gasteiger partial charge is 0.269 e. The van der Waals surface area contributed by atoms with Gasteiger partial charge in [-0.05, 0) is 96.9 Å². The summed E-state index contributed by atoms with van der Waals surface area (Å²) in [6.07, 6.45) is 10.6. The summed E-state index contributed by atoms with van der Waals surface area (Å²) in [6, 6.07) is 16.4. The van der Waals surface area contributed by atoms with Crippen LogP contribution in [-0.4, -0.2) is 25.4 Å². The van der Waals surface area contributed by atoms with Crippen LogP contribution in [0.1, 0.15) is 55.9 Å². The van der Waals surface area contributed by atoms with Gasteiger partial charge in [0.05, 0.1) is 23.8 Å². The standard InChI is InChI=1S/C37H31F2N5OS/c1-20(43-14-13-41-19-31(43)45)30-18-29-36(44(30)35-23-8-9-24(35)15-23)28-16-22(6-4-12-40)32(33(39)34(28)42-37(29)46-2)26-7-3-5-21-10-11-25(38)17-27(21)26/h3,5,7,10-11,13-14,16-20,23-24,35H,4,6,8-9,15H2,1-2H3/t20-,23-,24+,35?/m1/s1. The van der Waals surface area contributed by atoms with Crippen LogP contribution in [0.2, 0.25) is 0 Å². The quantitative estimate of drug-likeness (QED) is 0.165. The Morgan fingerprint density at radius 1 is 1.09 bits per heavy atom. The first-order chi connectivity index (χ1) is 22.4. The van der Waals surface area contributed by atoms with Crippen molar-refractivity contribution in [3.8, 4) is 17.2 Å². The number of thioether (sulfide) groups is 1. The Morgan fingerprint density at radius 3 is 2.65 bits per heavy atom. The molecule has 3 heterocycles. The van der Waals surface area contributed by atoms with Crippen LogP contribution >= 0.6 is 11.8 Å². The van der Waals surface area contributed by atoms with Crippen LogP contribution < -0.4 is 5.56 Å². The van der Waals surface area contributed by atoms with E-state index in [0.29, 0.717) is 50.7 Å². The molecule has 9 heteroatoms. The summed E-state index contributed by atoms with van der Waals surface area (Å²) in [7, 11) is 0. The molecule has 1 unspecified atom stereocenters. The molecule has 6 aromatic rings. The summed E-state index contributed by atoms with van der Waals surface area (Å²) in [6.45, 7) is 2.03. The Labute approximate surface area is 268 Å².